The van der Waals surface area contributed by atoms with E-state index >= 15 is 0 Å². The number of rotatable bonds is 12. The van der Waals surface area contributed by atoms with Gasteiger partial charge in [0.1, 0.15) is 0 Å². The van der Waals surface area contributed by atoms with E-state index in [0.29, 0.717) is 81.2 Å². The molecule has 0 aromatic heterocycles. The van der Waals surface area contributed by atoms with E-state index in [1.54, 1.807) is 54.8 Å². The van der Waals surface area contributed by atoms with Gasteiger partial charge in [0.15, 0.2) is 0 Å². The van der Waals surface area contributed by atoms with Gasteiger partial charge in [-0.15, -0.1) is 0 Å². The van der Waals surface area contributed by atoms with Crippen LogP contribution in [0.25, 0.3) is 0 Å². The Morgan fingerprint density at radius 2 is 0.973 bits per heavy atom. The Hall–Kier alpha value is -5.99. The first-order valence-corrected chi connectivity index (χ1v) is 24.9. The van der Waals surface area contributed by atoms with Gasteiger partial charge in [-0.3, -0.25) is 19.2 Å². The van der Waals surface area contributed by atoms with Gasteiger partial charge in [0, 0.05) is 32.4 Å². The maximum absolute atomic E-state index is 13.4. The van der Waals surface area contributed by atoms with Gasteiger partial charge in [0.25, 0.3) is 0 Å². The van der Waals surface area contributed by atoms with Crippen molar-refractivity contribution in [3.8, 4) is 0 Å². The number of piperidine rings is 2. The standard InChI is InChI=1S/C28H30F6N2O3.C27H32F3N3O3/c1-3-24(38)36-16-25(10-9-23(37)35-25)11-12-26(36,20-7-5-4-6-8-20)17-39-18(2)19-13-21(27(29,30)31)15-22(14-19)28(32,33)34;1-18-12-20(14-22(13-18)27(28,29)30)19(2)36-17-26(21-6-4-3-5-7-21)11-10-25(9-8-23(34)32-25)16-33(26)24(35)15-31/h4-8,13-15,18H,3,9-12,16-17H2,1-2H3,(H,35,37);3-7,12-14,19H,8-11,15-17,31H2,1-2H3,(H,32,34)/t18-,25-,26-;19-,25-,26-/m11/s1. The van der Waals surface area contributed by atoms with Crippen LogP contribution >= 0.6 is 0 Å². The molecule has 4 fully saturated rings. The highest BCUT2D eigenvalue weighted by Gasteiger charge is 2.55. The normalized spacial score (nSPS) is 24.9. The molecule has 4 saturated heterocycles. The highest BCUT2D eigenvalue weighted by atomic mass is 19.4. The van der Waals surface area contributed by atoms with Crippen molar-refractivity contribution in [3.05, 3.63) is 142 Å². The van der Waals surface area contributed by atoms with Crippen molar-refractivity contribution in [1.82, 2.24) is 20.4 Å². The second-order valence-corrected chi connectivity index (χ2v) is 20.3. The van der Waals surface area contributed by atoms with Crippen molar-refractivity contribution in [1.29, 1.82) is 0 Å². The number of halogens is 9. The van der Waals surface area contributed by atoms with Crippen LogP contribution in [0.5, 0.6) is 0 Å². The Balaban J connectivity index is 0.000000219. The molecule has 11 nitrogen and oxygen atoms in total. The molecule has 4 heterocycles. The summed E-state index contributed by atoms with van der Waals surface area (Å²) < 4.78 is 133. The van der Waals surface area contributed by atoms with Crippen LogP contribution in [0.3, 0.4) is 0 Å². The van der Waals surface area contributed by atoms with E-state index in [-0.39, 0.29) is 68.0 Å². The van der Waals surface area contributed by atoms with E-state index in [2.05, 4.69) is 10.6 Å². The molecular weight excluding hydrogens is 998 g/mol. The molecule has 4 N–H and O–H groups in total. The first-order valence-electron chi connectivity index (χ1n) is 24.9. The molecule has 4 aliphatic heterocycles. The first kappa shape index (κ1) is 56.7. The van der Waals surface area contributed by atoms with E-state index in [9.17, 15) is 58.7 Å². The molecule has 0 saturated carbocycles. The fourth-order valence-electron chi connectivity index (χ4n) is 11.0. The SMILES string of the molecule is CCC(=O)N1C[C@@]2(CCC(=O)N2)CC[C@@]1(CO[C@H](C)c1cc(C(F)(F)F)cc(C(F)(F)F)c1)c1ccccc1.Cc1cc([C@@H](C)OC[C@@]2(c3ccccc3)CC[C@]3(CCC(=O)N3)CN2C(=O)CN)cc(C(F)(F)F)c1. The lowest BCUT2D eigenvalue weighted by Crippen LogP contribution is -2.65. The predicted octanol–water partition coefficient (Wildman–Crippen LogP) is 10.6. The van der Waals surface area contributed by atoms with Crippen molar-refractivity contribution in [2.75, 3.05) is 32.8 Å². The molecule has 8 rings (SSSR count). The largest absolute Gasteiger partial charge is 0.416 e. The van der Waals surface area contributed by atoms with Gasteiger partial charge in [0.05, 0.1) is 70.8 Å². The van der Waals surface area contributed by atoms with Crippen molar-refractivity contribution >= 4 is 23.6 Å². The Kier molecular flexibility index (Phi) is 16.6. The molecule has 6 atom stereocenters. The maximum atomic E-state index is 13.4. The summed E-state index contributed by atoms with van der Waals surface area (Å²) in [6.07, 6.45) is -12.0. The second kappa shape index (κ2) is 21.9. The number of amides is 4. The molecule has 4 aromatic carbocycles. The highest BCUT2D eigenvalue weighted by molar-refractivity contribution is 5.82. The number of nitrogens with one attached hydrogen (secondary N) is 2. The quantitative estimate of drug-likeness (QED) is 0.120. The second-order valence-electron chi connectivity index (χ2n) is 20.3. The fraction of sp³-hybridized carbons (Fsp3) is 0.491. The van der Waals surface area contributed by atoms with Gasteiger partial charge in [-0.2, -0.15) is 39.5 Å². The fourth-order valence-corrected chi connectivity index (χ4v) is 11.0. The molecule has 0 radical (unpaired) electrons. The summed E-state index contributed by atoms with van der Waals surface area (Å²) in [6, 6.07) is 23.8. The van der Waals surface area contributed by atoms with Gasteiger partial charge in [-0.25, -0.2) is 0 Å². The van der Waals surface area contributed by atoms with Crippen molar-refractivity contribution in [2.24, 2.45) is 5.73 Å². The Morgan fingerprint density at radius 1 is 0.587 bits per heavy atom. The number of benzene rings is 4. The molecule has 0 bridgehead atoms. The van der Waals surface area contributed by atoms with Gasteiger partial charge in [-0.1, -0.05) is 79.2 Å². The molecule has 406 valence electrons. The molecule has 4 aromatic rings. The van der Waals surface area contributed by atoms with E-state index in [4.69, 9.17) is 15.2 Å². The van der Waals surface area contributed by atoms with E-state index in [1.165, 1.54) is 6.92 Å². The minimum Gasteiger partial charge on any atom is -0.371 e. The van der Waals surface area contributed by atoms with E-state index in [0.717, 1.165) is 23.3 Å². The van der Waals surface area contributed by atoms with E-state index < -0.39 is 69.6 Å². The number of nitrogens with zero attached hydrogens (tertiary/aromatic N) is 2. The smallest absolute Gasteiger partial charge is 0.371 e. The number of ether oxygens (including phenoxy) is 2. The van der Waals surface area contributed by atoms with Crippen molar-refractivity contribution in [2.45, 2.75) is 138 Å². The van der Waals surface area contributed by atoms with Crippen LogP contribution in [0, 0.1) is 6.92 Å². The van der Waals surface area contributed by atoms with Crippen molar-refractivity contribution < 1.29 is 68.2 Å². The Bertz CT molecular complexity index is 2670. The summed E-state index contributed by atoms with van der Waals surface area (Å²) in [5.74, 6) is -0.604. The lowest BCUT2D eigenvalue weighted by molar-refractivity contribution is -0.151. The van der Waals surface area contributed by atoms with Crippen LogP contribution in [0.15, 0.2) is 97.1 Å². The zero-order valence-electron chi connectivity index (χ0n) is 42.1. The molecule has 4 amide bonds. The highest BCUT2D eigenvalue weighted by Crippen LogP contribution is 2.47. The lowest BCUT2D eigenvalue weighted by Gasteiger charge is -2.53. The van der Waals surface area contributed by atoms with Gasteiger partial charge < -0.3 is 35.6 Å². The molecular formula is C55H62F9N5O6. The van der Waals surface area contributed by atoms with Crippen LogP contribution in [0.1, 0.15) is 135 Å². The molecule has 2 spiro atoms. The maximum Gasteiger partial charge on any atom is 0.416 e. The summed E-state index contributed by atoms with van der Waals surface area (Å²) in [6.45, 7) is 6.65. The summed E-state index contributed by atoms with van der Waals surface area (Å²) >= 11 is 0. The Labute approximate surface area is 429 Å². The summed E-state index contributed by atoms with van der Waals surface area (Å²) in [7, 11) is 0. The van der Waals surface area contributed by atoms with Crippen LogP contribution < -0.4 is 16.4 Å². The van der Waals surface area contributed by atoms with Crippen LogP contribution in [0.2, 0.25) is 0 Å². The van der Waals surface area contributed by atoms with Crippen molar-refractivity contribution in [3.63, 3.8) is 0 Å². The molecule has 4 aliphatic rings. The third-order valence-corrected chi connectivity index (χ3v) is 15.3. The Morgan fingerprint density at radius 3 is 1.33 bits per heavy atom. The van der Waals surface area contributed by atoms with Gasteiger partial charge in [0.2, 0.25) is 23.6 Å². The average molecular weight is 1060 g/mol. The number of aryl methyl sites for hydroxylation is 1. The zero-order valence-corrected chi connectivity index (χ0v) is 42.1. The number of likely N-dealkylation sites (tertiary alicyclic amines) is 2. The topological polar surface area (TPSA) is 143 Å². The molecule has 0 unspecified atom stereocenters. The number of carbonyl (C=O) groups is 4. The number of carbonyl (C=O) groups excluding carboxylic acids is 4. The third kappa shape index (κ3) is 12.5. The minimum atomic E-state index is -4.98. The third-order valence-electron chi connectivity index (χ3n) is 15.3. The summed E-state index contributed by atoms with van der Waals surface area (Å²) in [4.78, 5) is 54.0. The van der Waals surface area contributed by atoms with E-state index in [1.807, 2.05) is 42.5 Å². The lowest BCUT2D eigenvalue weighted by atomic mass is 9.74. The predicted molar refractivity (Wildman–Crippen MR) is 259 cm³/mol. The minimum absolute atomic E-state index is 0.0350. The summed E-state index contributed by atoms with van der Waals surface area (Å²) in [5.41, 5.74) is 1.48. The number of hydrogen-bond donors (Lipinski definition) is 3. The van der Waals surface area contributed by atoms with Crippen LogP contribution in [-0.4, -0.2) is 77.4 Å². The molecule has 75 heavy (non-hydrogen) atoms. The van der Waals surface area contributed by atoms with Crippen LogP contribution in [0.4, 0.5) is 39.5 Å². The first-order chi connectivity index (χ1) is 35.2. The zero-order chi connectivity index (χ0) is 54.8. The monoisotopic (exact) mass is 1060 g/mol. The number of hydrogen-bond acceptors (Lipinski definition) is 7. The van der Waals surface area contributed by atoms with Gasteiger partial charge >= 0.3 is 18.5 Å². The van der Waals surface area contributed by atoms with Crippen LogP contribution in [-0.2, 0) is 58.3 Å². The molecule has 0 aliphatic carbocycles. The number of nitrogens with two attached hydrogens (primary N) is 1. The average Bonchev–Trinajstić information content (AvgIpc) is 3.94. The number of alkyl halides is 9. The summed E-state index contributed by atoms with van der Waals surface area (Å²) in [5, 5.41) is 6.08. The van der Waals surface area contributed by atoms with Gasteiger partial charge in [-0.05, 0) is 112 Å². The molecule has 20 heteroatoms.